The molecule has 0 fully saturated rings. The number of nitrogens with zero attached hydrogens (tertiary/aromatic N) is 1. The van der Waals surface area contributed by atoms with Crippen LogP contribution in [-0.4, -0.2) is 18.0 Å². The average Bonchev–Trinajstić information content (AvgIpc) is 2.76. The number of fused-ring (bicyclic) bond motifs is 1. The van der Waals surface area contributed by atoms with Gasteiger partial charge in [0.05, 0.1) is 23.9 Å². The van der Waals surface area contributed by atoms with Gasteiger partial charge >= 0.3 is 0 Å². The Bertz CT molecular complexity index is 1340. The number of ether oxygens (including phenoxy) is 1. The van der Waals surface area contributed by atoms with E-state index in [1.54, 1.807) is 13.2 Å². The second-order valence-corrected chi connectivity index (χ2v) is 8.49. The Morgan fingerprint density at radius 2 is 1.66 bits per heavy atom. The Balaban J connectivity index is 1.91. The Morgan fingerprint density at radius 3 is 2.31 bits per heavy atom. The number of hydrogen-bond donors (Lipinski definition) is 1. The zero-order valence-electron chi connectivity index (χ0n) is 18.8. The molecule has 1 heterocycles. The van der Waals surface area contributed by atoms with Crippen LogP contribution in [0.15, 0.2) is 54.6 Å². The first-order chi connectivity index (χ1) is 15.3. The summed E-state index contributed by atoms with van der Waals surface area (Å²) in [5, 5.41) is 4.48. The number of methoxy groups -OCH3 is 1. The number of benzene rings is 3. The summed E-state index contributed by atoms with van der Waals surface area (Å²) < 4.78 is 5.29. The van der Waals surface area contributed by atoms with Crippen molar-refractivity contribution >= 4 is 34.1 Å². The van der Waals surface area contributed by atoms with Crippen molar-refractivity contribution in [2.24, 2.45) is 0 Å². The molecule has 4 rings (SSSR count). The molecule has 3 aromatic carbocycles. The van der Waals surface area contributed by atoms with Crippen LogP contribution in [0.1, 0.15) is 32.6 Å². The number of hydrogen-bond acceptors (Lipinski definition) is 3. The van der Waals surface area contributed by atoms with Crippen LogP contribution < -0.4 is 10.1 Å². The second kappa shape index (κ2) is 8.64. The summed E-state index contributed by atoms with van der Waals surface area (Å²) in [5.74, 6) is 0.586. The summed E-state index contributed by atoms with van der Waals surface area (Å²) in [6, 6.07) is 17.4. The van der Waals surface area contributed by atoms with Gasteiger partial charge in [-0.1, -0.05) is 29.3 Å². The molecule has 0 atom stereocenters. The Labute approximate surface area is 193 Å². The summed E-state index contributed by atoms with van der Waals surface area (Å²) in [5.41, 5.74) is 7.69. The molecule has 1 N–H and O–H groups in total. The molecule has 0 spiro atoms. The van der Waals surface area contributed by atoms with E-state index in [9.17, 15) is 4.79 Å². The second-order valence-electron chi connectivity index (χ2n) is 8.08. The molecule has 0 saturated carbocycles. The topological polar surface area (TPSA) is 51.2 Å². The SMILES string of the molecule is COc1ccc(-c2nc3c(C)cc(C)cc3c(C(=O)Nc3ccc(C)c(Cl)c3)c2C)cc1. The lowest BCUT2D eigenvalue weighted by atomic mass is 9.94. The minimum Gasteiger partial charge on any atom is -0.497 e. The predicted octanol–water partition coefficient (Wildman–Crippen LogP) is 7.05. The van der Waals surface area contributed by atoms with Crippen molar-refractivity contribution < 1.29 is 9.53 Å². The van der Waals surface area contributed by atoms with Gasteiger partial charge in [0.25, 0.3) is 5.91 Å². The van der Waals surface area contributed by atoms with E-state index in [1.807, 2.05) is 70.2 Å². The molecule has 0 aliphatic carbocycles. The number of halogens is 1. The Hall–Kier alpha value is -3.37. The van der Waals surface area contributed by atoms with Crippen molar-refractivity contribution in [3.63, 3.8) is 0 Å². The quantitative estimate of drug-likeness (QED) is 0.367. The molecule has 4 nitrogen and oxygen atoms in total. The fourth-order valence-corrected chi connectivity index (χ4v) is 4.18. The van der Waals surface area contributed by atoms with E-state index >= 15 is 0 Å². The maximum absolute atomic E-state index is 13.5. The smallest absolute Gasteiger partial charge is 0.256 e. The van der Waals surface area contributed by atoms with E-state index in [0.717, 1.165) is 50.2 Å². The van der Waals surface area contributed by atoms with Gasteiger partial charge in [-0.25, -0.2) is 4.98 Å². The maximum atomic E-state index is 13.5. The van der Waals surface area contributed by atoms with Crippen molar-refractivity contribution in [3.05, 3.63) is 87.4 Å². The lowest BCUT2D eigenvalue weighted by molar-refractivity contribution is 0.102. The summed E-state index contributed by atoms with van der Waals surface area (Å²) in [4.78, 5) is 18.5. The molecular formula is C27H25ClN2O2. The zero-order chi connectivity index (χ0) is 23.0. The fraction of sp³-hybridized carbons (Fsp3) is 0.185. The molecule has 162 valence electrons. The highest BCUT2D eigenvalue weighted by molar-refractivity contribution is 6.31. The Morgan fingerprint density at radius 1 is 0.938 bits per heavy atom. The number of rotatable bonds is 4. The van der Waals surface area contributed by atoms with Crippen LogP contribution in [0.4, 0.5) is 5.69 Å². The molecule has 0 aliphatic rings. The molecule has 0 bridgehead atoms. The van der Waals surface area contributed by atoms with Crippen molar-refractivity contribution in [3.8, 4) is 17.0 Å². The van der Waals surface area contributed by atoms with Crippen molar-refractivity contribution in [2.75, 3.05) is 12.4 Å². The van der Waals surface area contributed by atoms with Crippen LogP contribution >= 0.6 is 11.6 Å². The van der Waals surface area contributed by atoms with Gasteiger partial charge in [-0.15, -0.1) is 0 Å². The van der Waals surface area contributed by atoms with Crippen LogP contribution in [0.3, 0.4) is 0 Å². The molecule has 0 unspecified atom stereocenters. The third kappa shape index (κ3) is 4.06. The van der Waals surface area contributed by atoms with Gasteiger partial charge in [0, 0.05) is 21.7 Å². The third-order valence-electron chi connectivity index (χ3n) is 5.69. The van der Waals surface area contributed by atoms with Crippen LogP contribution in [0.2, 0.25) is 5.02 Å². The summed E-state index contributed by atoms with van der Waals surface area (Å²) in [6.45, 7) is 7.93. The third-order valence-corrected chi connectivity index (χ3v) is 6.10. The van der Waals surface area contributed by atoms with Gasteiger partial charge in [-0.3, -0.25) is 4.79 Å². The molecule has 0 radical (unpaired) electrons. The molecule has 0 aliphatic heterocycles. The van der Waals surface area contributed by atoms with Gasteiger partial charge in [0.15, 0.2) is 0 Å². The van der Waals surface area contributed by atoms with Crippen molar-refractivity contribution in [2.45, 2.75) is 27.7 Å². The predicted molar refractivity (Wildman–Crippen MR) is 132 cm³/mol. The highest BCUT2D eigenvalue weighted by Gasteiger charge is 2.20. The van der Waals surface area contributed by atoms with Crippen molar-refractivity contribution in [1.29, 1.82) is 0 Å². The Kier molecular flexibility index (Phi) is 5.90. The standard InChI is InChI=1S/C27H25ClN2O2/c1-15-12-17(3)25-22(13-15)24(27(31)29-20-9-6-16(2)23(28)14-20)18(4)26(30-25)19-7-10-21(32-5)11-8-19/h6-14H,1-5H3,(H,29,31). The molecular weight excluding hydrogens is 420 g/mol. The lowest BCUT2D eigenvalue weighted by Gasteiger charge is -2.17. The van der Waals surface area contributed by atoms with Gasteiger partial charge in [-0.05, 0) is 86.8 Å². The van der Waals surface area contributed by atoms with E-state index in [0.29, 0.717) is 16.3 Å². The van der Waals surface area contributed by atoms with Gasteiger partial charge in [-0.2, -0.15) is 0 Å². The number of carbonyl (C=O) groups excluding carboxylic acids is 1. The first-order valence-corrected chi connectivity index (χ1v) is 10.8. The summed E-state index contributed by atoms with van der Waals surface area (Å²) >= 11 is 6.27. The molecule has 5 heteroatoms. The number of aryl methyl sites for hydroxylation is 3. The highest BCUT2D eigenvalue weighted by atomic mass is 35.5. The van der Waals surface area contributed by atoms with Crippen LogP contribution in [-0.2, 0) is 0 Å². The molecule has 4 aromatic rings. The van der Waals surface area contributed by atoms with Crippen LogP contribution in [0.25, 0.3) is 22.2 Å². The van der Waals surface area contributed by atoms with E-state index < -0.39 is 0 Å². The average molecular weight is 445 g/mol. The van der Waals surface area contributed by atoms with E-state index in [2.05, 4.69) is 11.4 Å². The number of carbonyl (C=O) groups is 1. The van der Waals surface area contributed by atoms with Gasteiger partial charge in [0.2, 0.25) is 0 Å². The highest BCUT2D eigenvalue weighted by Crippen LogP contribution is 2.33. The zero-order valence-corrected chi connectivity index (χ0v) is 19.6. The largest absolute Gasteiger partial charge is 0.497 e. The fourth-order valence-electron chi connectivity index (χ4n) is 4.00. The molecule has 32 heavy (non-hydrogen) atoms. The maximum Gasteiger partial charge on any atom is 0.256 e. The van der Waals surface area contributed by atoms with Gasteiger partial charge < -0.3 is 10.1 Å². The molecule has 1 amide bonds. The summed E-state index contributed by atoms with van der Waals surface area (Å²) in [6.07, 6.45) is 0. The first-order valence-electron chi connectivity index (χ1n) is 10.4. The van der Waals surface area contributed by atoms with Gasteiger partial charge in [0.1, 0.15) is 5.75 Å². The van der Waals surface area contributed by atoms with E-state index in [-0.39, 0.29) is 5.91 Å². The number of anilines is 1. The number of pyridine rings is 1. The number of nitrogens with one attached hydrogen (secondary N) is 1. The molecule has 0 saturated heterocycles. The van der Waals surface area contributed by atoms with E-state index in [1.165, 1.54) is 0 Å². The van der Waals surface area contributed by atoms with Crippen LogP contribution in [0, 0.1) is 27.7 Å². The molecule has 1 aromatic heterocycles. The minimum absolute atomic E-state index is 0.186. The summed E-state index contributed by atoms with van der Waals surface area (Å²) in [7, 11) is 1.64. The number of aromatic nitrogens is 1. The minimum atomic E-state index is -0.186. The normalized spacial score (nSPS) is 10.9. The number of amides is 1. The lowest BCUT2D eigenvalue weighted by Crippen LogP contribution is -2.15. The van der Waals surface area contributed by atoms with Crippen molar-refractivity contribution in [1.82, 2.24) is 4.98 Å². The first kappa shape index (κ1) is 21.8. The monoisotopic (exact) mass is 444 g/mol. The van der Waals surface area contributed by atoms with Crippen LogP contribution in [0.5, 0.6) is 5.75 Å². The van der Waals surface area contributed by atoms with E-state index in [4.69, 9.17) is 21.3 Å².